The summed E-state index contributed by atoms with van der Waals surface area (Å²) in [6.45, 7) is 6.46. The van der Waals surface area contributed by atoms with Crippen molar-refractivity contribution in [2.45, 2.75) is 26.2 Å². The summed E-state index contributed by atoms with van der Waals surface area (Å²) in [7, 11) is 1.75. The van der Waals surface area contributed by atoms with Crippen molar-refractivity contribution in [2.75, 3.05) is 17.7 Å². The summed E-state index contributed by atoms with van der Waals surface area (Å²) in [5.41, 5.74) is 2.34. The van der Waals surface area contributed by atoms with Crippen molar-refractivity contribution in [3.8, 4) is 0 Å². The van der Waals surface area contributed by atoms with Crippen LogP contribution in [-0.2, 0) is 5.41 Å². The van der Waals surface area contributed by atoms with E-state index in [2.05, 4.69) is 41.6 Å². The fraction of sp³-hybridized carbons (Fsp3) is 0.312. The number of anilines is 2. The van der Waals surface area contributed by atoms with E-state index < -0.39 is 0 Å². The molecule has 1 heterocycles. The number of hydrogen-bond donors (Lipinski definition) is 2. The molecule has 1 aromatic carbocycles. The Balaban J connectivity index is 2.08. The molecule has 0 radical (unpaired) electrons. The lowest BCUT2D eigenvalue weighted by Crippen LogP contribution is -2.15. The zero-order valence-corrected chi connectivity index (χ0v) is 12.8. The minimum atomic E-state index is -0.270. The van der Waals surface area contributed by atoms with Crippen molar-refractivity contribution in [1.29, 1.82) is 0 Å². The average molecular weight is 284 g/mol. The van der Waals surface area contributed by atoms with Gasteiger partial charge >= 0.3 is 0 Å². The molecule has 0 unspecified atom stereocenters. The van der Waals surface area contributed by atoms with Crippen LogP contribution in [-0.4, -0.2) is 23.2 Å². The first kappa shape index (κ1) is 15.0. The van der Waals surface area contributed by atoms with Crippen LogP contribution in [0.5, 0.6) is 0 Å². The predicted octanol–water partition coefficient (Wildman–Crippen LogP) is 3.07. The quantitative estimate of drug-likeness (QED) is 0.909. The van der Waals surface area contributed by atoms with Gasteiger partial charge in [0.2, 0.25) is 0 Å². The molecule has 2 aromatic rings. The smallest absolute Gasteiger partial charge is 0.276 e. The van der Waals surface area contributed by atoms with Gasteiger partial charge in [0.25, 0.3) is 5.91 Å². The first-order valence-electron chi connectivity index (χ1n) is 6.83. The zero-order valence-electron chi connectivity index (χ0n) is 12.8. The van der Waals surface area contributed by atoms with Gasteiger partial charge in [0.05, 0.1) is 0 Å². The highest BCUT2D eigenvalue weighted by Crippen LogP contribution is 2.23. The second-order valence-electron chi connectivity index (χ2n) is 5.84. The third-order valence-electron chi connectivity index (χ3n) is 3.16. The molecule has 0 fully saturated rings. The molecule has 0 aliphatic carbocycles. The van der Waals surface area contributed by atoms with Crippen LogP contribution < -0.4 is 10.6 Å². The molecule has 0 bridgehead atoms. The van der Waals surface area contributed by atoms with Crippen molar-refractivity contribution >= 4 is 17.4 Å². The highest BCUT2D eigenvalue weighted by atomic mass is 16.1. The summed E-state index contributed by atoms with van der Waals surface area (Å²) in [6, 6.07) is 11.2. The Morgan fingerprint density at radius 2 is 1.67 bits per heavy atom. The van der Waals surface area contributed by atoms with Gasteiger partial charge in [-0.15, -0.1) is 10.2 Å². The zero-order chi connectivity index (χ0) is 15.5. The molecule has 2 rings (SSSR count). The number of rotatable bonds is 3. The average Bonchev–Trinajstić information content (AvgIpc) is 2.47. The SMILES string of the molecule is CNc1ccc(C(=O)Nc2ccc(C(C)(C)C)cc2)nn1. The van der Waals surface area contributed by atoms with E-state index in [1.54, 1.807) is 19.2 Å². The molecule has 2 N–H and O–H groups in total. The first-order chi connectivity index (χ1) is 9.90. The number of hydrogen-bond acceptors (Lipinski definition) is 4. The summed E-state index contributed by atoms with van der Waals surface area (Å²) in [5, 5.41) is 13.4. The lowest BCUT2D eigenvalue weighted by Gasteiger charge is -2.19. The second kappa shape index (κ2) is 5.91. The summed E-state index contributed by atoms with van der Waals surface area (Å²) < 4.78 is 0. The topological polar surface area (TPSA) is 66.9 Å². The van der Waals surface area contributed by atoms with Crippen LogP contribution in [0.15, 0.2) is 36.4 Å². The number of benzene rings is 1. The molecule has 5 heteroatoms. The Morgan fingerprint density at radius 3 is 2.14 bits per heavy atom. The van der Waals surface area contributed by atoms with E-state index in [0.717, 1.165) is 5.69 Å². The minimum absolute atomic E-state index is 0.0942. The van der Waals surface area contributed by atoms with Crippen LogP contribution in [0.1, 0.15) is 36.8 Å². The number of aromatic nitrogens is 2. The molecule has 110 valence electrons. The molecule has 21 heavy (non-hydrogen) atoms. The Hall–Kier alpha value is -2.43. The highest BCUT2D eigenvalue weighted by molar-refractivity contribution is 6.02. The largest absolute Gasteiger partial charge is 0.372 e. The van der Waals surface area contributed by atoms with Gasteiger partial charge in [0.1, 0.15) is 5.82 Å². The lowest BCUT2D eigenvalue weighted by atomic mass is 9.87. The van der Waals surface area contributed by atoms with Crippen LogP contribution in [0.3, 0.4) is 0 Å². The molecule has 1 aromatic heterocycles. The van der Waals surface area contributed by atoms with Crippen molar-refractivity contribution in [3.63, 3.8) is 0 Å². The second-order valence-corrected chi connectivity index (χ2v) is 5.84. The van der Waals surface area contributed by atoms with Crippen LogP contribution in [0.2, 0.25) is 0 Å². The van der Waals surface area contributed by atoms with Gasteiger partial charge in [-0.05, 0) is 35.2 Å². The number of amides is 1. The fourth-order valence-corrected chi connectivity index (χ4v) is 1.84. The van der Waals surface area contributed by atoms with Crippen LogP contribution >= 0.6 is 0 Å². The Kier molecular flexibility index (Phi) is 4.21. The van der Waals surface area contributed by atoms with Crippen LogP contribution in [0.4, 0.5) is 11.5 Å². The van der Waals surface area contributed by atoms with E-state index in [0.29, 0.717) is 5.82 Å². The van der Waals surface area contributed by atoms with E-state index in [-0.39, 0.29) is 17.0 Å². The molecule has 1 amide bonds. The third kappa shape index (κ3) is 3.78. The van der Waals surface area contributed by atoms with Crippen LogP contribution in [0, 0.1) is 0 Å². The molecule has 0 saturated carbocycles. The van der Waals surface area contributed by atoms with E-state index in [1.807, 2.05) is 24.3 Å². The van der Waals surface area contributed by atoms with Crippen molar-refractivity contribution in [3.05, 3.63) is 47.7 Å². The van der Waals surface area contributed by atoms with Crippen molar-refractivity contribution < 1.29 is 4.79 Å². The van der Waals surface area contributed by atoms with Gasteiger partial charge < -0.3 is 10.6 Å². The summed E-state index contributed by atoms with van der Waals surface area (Å²) in [6.07, 6.45) is 0. The van der Waals surface area contributed by atoms with Crippen molar-refractivity contribution in [1.82, 2.24) is 10.2 Å². The van der Waals surface area contributed by atoms with Crippen molar-refractivity contribution in [2.24, 2.45) is 0 Å². The molecular formula is C16H20N4O. The maximum absolute atomic E-state index is 12.1. The normalized spacial score (nSPS) is 11.0. The lowest BCUT2D eigenvalue weighted by molar-refractivity contribution is 0.102. The number of nitrogens with zero attached hydrogens (tertiary/aromatic N) is 2. The standard InChI is InChI=1S/C16H20N4O/c1-16(2,3)11-5-7-12(8-6-11)18-15(21)13-9-10-14(17-4)20-19-13/h5-10H,1-4H3,(H,17,20)(H,18,21). The molecule has 0 aliphatic heterocycles. The van der Waals surface area contributed by atoms with Gasteiger partial charge in [0.15, 0.2) is 5.69 Å². The fourth-order valence-electron chi connectivity index (χ4n) is 1.84. The molecular weight excluding hydrogens is 264 g/mol. The highest BCUT2D eigenvalue weighted by Gasteiger charge is 2.14. The first-order valence-corrected chi connectivity index (χ1v) is 6.83. The summed E-state index contributed by atoms with van der Waals surface area (Å²) in [5.74, 6) is 0.356. The number of carbonyl (C=O) groups is 1. The van der Waals surface area contributed by atoms with Crippen LogP contribution in [0.25, 0.3) is 0 Å². The number of carbonyl (C=O) groups excluding carboxylic acids is 1. The van der Waals surface area contributed by atoms with Gasteiger partial charge in [0, 0.05) is 12.7 Å². The van der Waals surface area contributed by atoms with Gasteiger partial charge in [-0.3, -0.25) is 4.79 Å². The molecule has 0 atom stereocenters. The Labute approximate surface area is 124 Å². The van der Waals surface area contributed by atoms with E-state index in [4.69, 9.17) is 0 Å². The third-order valence-corrected chi connectivity index (χ3v) is 3.16. The minimum Gasteiger partial charge on any atom is -0.372 e. The Morgan fingerprint density at radius 1 is 1.00 bits per heavy atom. The molecule has 0 saturated heterocycles. The van der Waals surface area contributed by atoms with E-state index in [1.165, 1.54) is 5.56 Å². The monoisotopic (exact) mass is 284 g/mol. The molecule has 5 nitrogen and oxygen atoms in total. The maximum atomic E-state index is 12.1. The predicted molar refractivity (Wildman–Crippen MR) is 84.7 cm³/mol. The van der Waals surface area contributed by atoms with Gasteiger partial charge in [-0.2, -0.15) is 0 Å². The van der Waals surface area contributed by atoms with E-state index >= 15 is 0 Å². The van der Waals surface area contributed by atoms with Gasteiger partial charge in [-0.25, -0.2) is 0 Å². The molecule has 0 spiro atoms. The summed E-state index contributed by atoms with van der Waals surface area (Å²) in [4.78, 5) is 12.1. The maximum Gasteiger partial charge on any atom is 0.276 e. The van der Waals surface area contributed by atoms with E-state index in [9.17, 15) is 4.79 Å². The summed E-state index contributed by atoms with van der Waals surface area (Å²) >= 11 is 0. The Bertz CT molecular complexity index is 612. The number of nitrogens with one attached hydrogen (secondary N) is 2. The molecule has 0 aliphatic rings. The van der Waals surface area contributed by atoms with Gasteiger partial charge in [-0.1, -0.05) is 32.9 Å².